The summed E-state index contributed by atoms with van der Waals surface area (Å²) in [6, 6.07) is 21.8. The lowest BCUT2D eigenvalue weighted by Gasteiger charge is -2.26. The zero-order valence-corrected chi connectivity index (χ0v) is 24.4. The van der Waals surface area contributed by atoms with E-state index in [1.165, 1.54) is 0 Å². The third-order valence-electron chi connectivity index (χ3n) is 7.12. The van der Waals surface area contributed by atoms with E-state index in [1.807, 2.05) is 68.4 Å². The van der Waals surface area contributed by atoms with Crippen LogP contribution in [0.15, 0.2) is 78.4 Å². The predicted molar refractivity (Wildman–Crippen MR) is 161 cm³/mol. The molecule has 3 aromatic rings. The van der Waals surface area contributed by atoms with Crippen molar-refractivity contribution < 1.29 is 24.2 Å². The van der Waals surface area contributed by atoms with Gasteiger partial charge in [-0.2, -0.15) is 0 Å². The first-order valence-electron chi connectivity index (χ1n) is 14.2. The van der Waals surface area contributed by atoms with Gasteiger partial charge >= 0.3 is 0 Å². The van der Waals surface area contributed by atoms with Crippen LogP contribution in [0.25, 0.3) is 5.76 Å². The lowest BCUT2D eigenvalue weighted by atomic mass is 9.95. The third-order valence-corrected chi connectivity index (χ3v) is 7.12. The lowest BCUT2D eigenvalue weighted by molar-refractivity contribution is -0.139. The Morgan fingerprint density at radius 2 is 1.61 bits per heavy atom. The van der Waals surface area contributed by atoms with Crippen LogP contribution in [0, 0.1) is 6.92 Å². The zero-order valence-electron chi connectivity index (χ0n) is 24.4. The van der Waals surface area contributed by atoms with Gasteiger partial charge in [0.15, 0.2) is 0 Å². The van der Waals surface area contributed by atoms with Crippen molar-refractivity contribution in [2.45, 2.75) is 45.8 Å². The van der Waals surface area contributed by atoms with Crippen LogP contribution in [0.5, 0.6) is 11.5 Å². The van der Waals surface area contributed by atoms with Gasteiger partial charge in [-0.3, -0.25) is 9.59 Å². The molecule has 3 aromatic carbocycles. The number of amides is 1. The number of nitrogens with zero attached hydrogens (tertiary/aromatic N) is 2. The third kappa shape index (κ3) is 7.55. The summed E-state index contributed by atoms with van der Waals surface area (Å²) < 4.78 is 11.7. The highest BCUT2D eigenvalue weighted by Gasteiger charge is 2.45. The van der Waals surface area contributed by atoms with Crippen molar-refractivity contribution in [3.63, 3.8) is 0 Å². The van der Waals surface area contributed by atoms with Crippen molar-refractivity contribution in [2.75, 3.05) is 33.8 Å². The number of benzene rings is 3. The molecule has 1 saturated heterocycles. The van der Waals surface area contributed by atoms with Gasteiger partial charge in [0.05, 0.1) is 18.2 Å². The Bertz CT molecular complexity index is 1360. The summed E-state index contributed by atoms with van der Waals surface area (Å²) in [7, 11) is 3.94. The van der Waals surface area contributed by atoms with Gasteiger partial charge in [-0.25, -0.2) is 0 Å². The molecule has 1 aliphatic rings. The SMILES string of the molecule is CCCCOc1ccc(C2/C(=C(\O)c3ccc(OCc4cccc(C)c4)cc3)C(=O)C(=O)N2CCCN(C)C)cc1. The second-order valence-electron chi connectivity index (χ2n) is 10.7. The number of Topliss-reactive ketones (excluding diaryl/α,β-unsaturated/α-hetero) is 1. The quantitative estimate of drug-likeness (QED) is 0.118. The molecule has 7 heteroatoms. The summed E-state index contributed by atoms with van der Waals surface area (Å²) >= 11 is 0. The maximum atomic E-state index is 13.3. The molecular formula is C34H40N2O5. The van der Waals surface area contributed by atoms with Crippen LogP contribution in [0.4, 0.5) is 0 Å². The van der Waals surface area contributed by atoms with Crippen LogP contribution >= 0.6 is 0 Å². The van der Waals surface area contributed by atoms with Gasteiger partial charge < -0.3 is 24.4 Å². The maximum Gasteiger partial charge on any atom is 0.295 e. The molecule has 216 valence electrons. The summed E-state index contributed by atoms with van der Waals surface area (Å²) in [5.74, 6) is -0.107. The summed E-state index contributed by atoms with van der Waals surface area (Å²) in [5.41, 5.74) is 3.51. The molecule has 1 unspecified atom stereocenters. The van der Waals surface area contributed by atoms with Crippen molar-refractivity contribution in [3.8, 4) is 11.5 Å². The number of carbonyl (C=O) groups excluding carboxylic acids is 2. The van der Waals surface area contributed by atoms with E-state index < -0.39 is 17.7 Å². The van der Waals surface area contributed by atoms with E-state index >= 15 is 0 Å². The number of carbonyl (C=O) groups is 2. The fourth-order valence-corrected chi connectivity index (χ4v) is 4.93. The van der Waals surface area contributed by atoms with Gasteiger partial charge in [0.25, 0.3) is 11.7 Å². The minimum Gasteiger partial charge on any atom is -0.507 e. The second kappa shape index (κ2) is 14.0. The Morgan fingerprint density at radius 1 is 0.927 bits per heavy atom. The van der Waals surface area contributed by atoms with Crippen LogP contribution in [-0.2, 0) is 16.2 Å². The molecular weight excluding hydrogens is 516 g/mol. The van der Waals surface area contributed by atoms with Crippen LogP contribution in [0.1, 0.15) is 54.5 Å². The number of aryl methyl sites for hydroxylation is 1. The molecule has 0 radical (unpaired) electrons. The number of likely N-dealkylation sites (tertiary alicyclic amines) is 1. The summed E-state index contributed by atoms with van der Waals surface area (Å²) in [6.07, 6.45) is 2.70. The Morgan fingerprint density at radius 3 is 2.27 bits per heavy atom. The Hall–Kier alpha value is -4.10. The number of hydrogen-bond acceptors (Lipinski definition) is 6. The number of ether oxygens (including phenoxy) is 2. The lowest BCUT2D eigenvalue weighted by Crippen LogP contribution is -2.32. The average Bonchev–Trinajstić information content (AvgIpc) is 3.21. The van der Waals surface area contributed by atoms with Gasteiger partial charge in [-0.15, -0.1) is 0 Å². The number of rotatable bonds is 13. The van der Waals surface area contributed by atoms with E-state index in [2.05, 4.69) is 13.0 Å². The maximum absolute atomic E-state index is 13.3. The molecule has 1 fully saturated rings. The summed E-state index contributed by atoms with van der Waals surface area (Å²) in [6.45, 7) is 6.36. The van der Waals surface area contributed by atoms with E-state index in [-0.39, 0.29) is 11.3 Å². The fraction of sp³-hybridized carbons (Fsp3) is 0.353. The van der Waals surface area contributed by atoms with Crippen LogP contribution in [0.2, 0.25) is 0 Å². The highest BCUT2D eigenvalue weighted by molar-refractivity contribution is 6.46. The molecule has 4 rings (SSSR count). The highest BCUT2D eigenvalue weighted by Crippen LogP contribution is 2.40. The van der Waals surface area contributed by atoms with Crippen molar-refractivity contribution in [3.05, 3.63) is 101 Å². The molecule has 0 aliphatic carbocycles. The molecule has 7 nitrogen and oxygen atoms in total. The van der Waals surface area contributed by atoms with E-state index in [1.54, 1.807) is 29.2 Å². The fourth-order valence-electron chi connectivity index (χ4n) is 4.93. The molecule has 1 atom stereocenters. The molecule has 0 aromatic heterocycles. The molecule has 0 bridgehead atoms. The minimum atomic E-state index is -0.695. The first-order chi connectivity index (χ1) is 19.8. The van der Waals surface area contributed by atoms with E-state index in [0.29, 0.717) is 37.5 Å². The predicted octanol–water partition coefficient (Wildman–Crippen LogP) is 6.13. The van der Waals surface area contributed by atoms with E-state index in [9.17, 15) is 14.7 Å². The minimum absolute atomic E-state index is 0.0907. The number of aliphatic hydroxyl groups is 1. The Kier molecular flexibility index (Phi) is 10.2. The molecule has 1 N–H and O–H groups in total. The van der Waals surface area contributed by atoms with E-state index in [4.69, 9.17) is 9.47 Å². The number of aliphatic hydroxyl groups excluding tert-OH is 1. The van der Waals surface area contributed by atoms with E-state index in [0.717, 1.165) is 41.8 Å². The number of ketones is 1. The van der Waals surface area contributed by atoms with Crippen LogP contribution in [-0.4, -0.2) is 60.4 Å². The van der Waals surface area contributed by atoms with Gasteiger partial charge in [-0.1, -0.05) is 55.3 Å². The number of unbranched alkanes of at least 4 members (excludes halogenated alkanes) is 1. The van der Waals surface area contributed by atoms with Gasteiger partial charge in [0.2, 0.25) is 0 Å². The second-order valence-corrected chi connectivity index (χ2v) is 10.7. The first-order valence-corrected chi connectivity index (χ1v) is 14.2. The average molecular weight is 557 g/mol. The van der Waals surface area contributed by atoms with Crippen molar-refractivity contribution in [2.24, 2.45) is 0 Å². The van der Waals surface area contributed by atoms with Gasteiger partial charge in [-0.05, 0) is 87.9 Å². The molecule has 1 aliphatic heterocycles. The van der Waals surface area contributed by atoms with Gasteiger partial charge in [0, 0.05) is 12.1 Å². The van der Waals surface area contributed by atoms with Crippen molar-refractivity contribution in [1.82, 2.24) is 9.80 Å². The van der Waals surface area contributed by atoms with Crippen molar-refractivity contribution in [1.29, 1.82) is 0 Å². The number of hydrogen-bond donors (Lipinski definition) is 1. The zero-order chi connectivity index (χ0) is 29.4. The largest absolute Gasteiger partial charge is 0.507 e. The molecule has 0 saturated carbocycles. The van der Waals surface area contributed by atoms with Crippen molar-refractivity contribution >= 4 is 17.4 Å². The topological polar surface area (TPSA) is 79.3 Å². The standard InChI is InChI=1S/C34H40N2O5/c1-5-6-21-40-28-15-11-26(12-16-28)31-30(33(38)34(39)36(31)20-8-19-35(3)4)32(37)27-13-17-29(18-14-27)41-23-25-10-7-9-24(2)22-25/h7,9-18,22,31,37H,5-6,8,19-21,23H2,1-4H3/b32-30+. The Balaban J connectivity index is 1.61. The highest BCUT2D eigenvalue weighted by atomic mass is 16.5. The summed E-state index contributed by atoms with van der Waals surface area (Å²) in [5, 5.41) is 11.4. The van der Waals surface area contributed by atoms with Crippen LogP contribution < -0.4 is 9.47 Å². The normalized spacial score (nSPS) is 16.4. The molecule has 0 spiro atoms. The monoisotopic (exact) mass is 556 g/mol. The van der Waals surface area contributed by atoms with Crippen LogP contribution in [0.3, 0.4) is 0 Å². The molecule has 1 heterocycles. The molecule has 41 heavy (non-hydrogen) atoms. The summed E-state index contributed by atoms with van der Waals surface area (Å²) in [4.78, 5) is 30.2. The molecule has 1 amide bonds. The van der Waals surface area contributed by atoms with Gasteiger partial charge in [0.1, 0.15) is 23.9 Å². The Labute approximate surface area is 243 Å². The first kappa shape index (κ1) is 29.9. The smallest absolute Gasteiger partial charge is 0.295 e.